The maximum absolute atomic E-state index is 12.4. The fourth-order valence-electron chi connectivity index (χ4n) is 2.75. The highest BCUT2D eigenvalue weighted by molar-refractivity contribution is 6.03. The highest BCUT2D eigenvalue weighted by atomic mass is 16.3. The molecule has 0 radical (unpaired) electrons. The zero-order valence-corrected chi connectivity index (χ0v) is 11.3. The van der Waals surface area contributed by atoms with Gasteiger partial charge in [0, 0.05) is 18.5 Å². The first-order chi connectivity index (χ1) is 9.65. The van der Waals surface area contributed by atoms with Crippen LogP contribution in [0.3, 0.4) is 0 Å². The molecule has 1 aliphatic rings. The number of benzene rings is 1. The predicted molar refractivity (Wildman–Crippen MR) is 76.2 cm³/mol. The molecule has 0 spiro atoms. The highest BCUT2D eigenvalue weighted by Crippen LogP contribution is 2.31. The van der Waals surface area contributed by atoms with Crippen LogP contribution in [-0.2, 0) is 13.0 Å². The summed E-state index contributed by atoms with van der Waals surface area (Å²) in [7, 11) is 0. The van der Waals surface area contributed by atoms with Crippen molar-refractivity contribution in [2.75, 3.05) is 6.54 Å². The first-order valence-electron chi connectivity index (χ1n) is 6.80. The van der Waals surface area contributed by atoms with E-state index in [0.717, 1.165) is 23.9 Å². The quantitative estimate of drug-likeness (QED) is 0.887. The third-order valence-corrected chi connectivity index (χ3v) is 3.71. The van der Waals surface area contributed by atoms with Gasteiger partial charge in [0.15, 0.2) is 0 Å². The molecule has 0 unspecified atom stereocenters. The van der Waals surface area contributed by atoms with Crippen LogP contribution in [0.15, 0.2) is 23.0 Å². The summed E-state index contributed by atoms with van der Waals surface area (Å²) in [5.41, 5.74) is 1.23. The van der Waals surface area contributed by atoms with Gasteiger partial charge >= 0.3 is 0 Å². The summed E-state index contributed by atoms with van der Waals surface area (Å²) < 4.78 is 1.59. The van der Waals surface area contributed by atoms with Crippen LogP contribution < -0.4 is 10.9 Å². The monoisotopic (exact) mass is 272 g/mol. The van der Waals surface area contributed by atoms with Crippen LogP contribution in [0, 0.1) is 0 Å². The SMILES string of the molecule is CCCNC(=O)c1c(O)c2cccc3c2n(c1=O)CC3. The van der Waals surface area contributed by atoms with Gasteiger partial charge < -0.3 is 15.0 Å². The van der Waals surface area contributed by atoms with Crippen molar-refractivity contribution in [1.29, 1.82) is 0 Å². The number of pyridine rings is 1. The molecule has 0 aliphatic carbocycles. The van der Waals surface area contributed by atoms with Gasteiger partial charge in [-0.1, -0.05) is 19.1 Å². The van der Waals surface area contributed by atoms with Gasteiger partial charge in [-0.2, -0.15) is 0 Å². The Morgan fingerprint density at radius 3 is 3.00 bits per heavy atom. The van der Waals surface area contributed by atoms with Gasteiger partial charge in [-0.3, -0.25) is 9.59 Å². The van der Waals surface area contributed by atoms with Gasteiger partial charge in [-0.15, -0.1) is 0 Å². The van der Waals surface area contributed by atoms with Crippen LogP contribution >= 0.6 is 0 Å². The molecule has 2 aromatic rings. The third-order valence-electron chi connectivity index (χ3n) is 3.71. The Hall–Kier alpha value is -2.30. The molecule has 20 heavy (non-hydrogen) atoms. The minimum Gasteiger partial charge on any atom is -0.506 e. The Balaban J connectivity index is 2.26. The number of aryl methyl sites for hydroxylation is 2. The number of para-hydroxylation sites is 1. The molecule has 1 aromatic carbocycles. The van der Waals surface area contributed by atoms with E-state index in [1.807, 2.05) is 19.1 Å². The Morgan fingerprint density at radius 2 is 2.25 bits per heavy atom. The number of rotatable bonds is 3. The van der Waals surface area contributed by atoms with E-state index < -0.39 is 11.5 Å². The molecule has 0 bridgehead atoms. The van der Waals surface area contributed by atoms with Crippen LogP contribution in [0.25, 0.3) is 10.9 Å². The normalized spacial score (nSPS) is 12.8. The van der Waals surface area contributed by atoms with Crippen LogP contribution in [0.1, 0.15) is 29.3 Å². The standard InChI is InChI=1S/C15H16N2O3/c1-2-7-16-14(19)11-13(18)10-5-3-4-9-6-8-17(12(9)10)15(11)20/h3-5,18H,2,6-8H2,1H3,(H,16,19). The number of aromatic nitrogens is 1. The van der Waals surface area contributed by atoms with Gasteiger partial charge in [0.05, 0.1) is 5.52 Å². The van der Waals surface area contributed by atoms with Gasteiger partial charge in [0.1, 0.15) is 11.3 Å². The van der Waals surface area contributed by atoms with E-state index in [-0.39, 0.29) is 11.3 Å². The van der Waals surface area contributed by atoms with Gasteiger partial charge in [-0.05, 0) is 24.5 Å². The molecule has 0 saturated carbocycles. The number of hydrogen-bond acceptors (Lipinski definition) is 3. The first-order valence-corrected chi connectivity index (χ1v) is 6.80. The summed E-state index contributed by atoms with van der Waals surface area (Å²) in [5.74, 6) is -0.712. The van der Waals surface area contributed by atoms with Crippen molar-refractivity contribution < 1.29 is 9.90 Å². The molecule has 1 amide bonds. The Labute approximate surface area is 115 Å². The third kappa shape index (κ3) is 1.70. The number of hydrogen-bond donors (Lipinski definition) is 2. The average molecular weight is 272 g/mol. The highest BCUT2D eigenvalue weighted by Gasteiger charge is 2.25. The second-order valence-corrected chi connectivity index (χ2v) is 5.00. The van der Waals surface area contributed by atoms with Gasteiger partial charge in [0.25, 0.3) is 11.5 Å². The molecule has 2 heterocycles. The van der Waals surface area contributed by atoms with Crippen LogP contribution in [0.5, 0.6) is 5.75 Å². The molecule has 1 aromatic heterocycles. The minimum absolute atomic E-state index is 0.148. The van der Waals surface area contributed by atoms with Crippen LogP contribution in [0.2, 0.25) is 0 Å². The zero-order valence-electron chi connectivity index (χ0n) is 11.3. The molecule has 0 atom stereocenters. The average Bonchev–Trinajstić information content (AvgIpc) is 2.88. The van der Waals surface area contributed by atoms with Crippen molar-refractivity contribution in [3.8, 4) is 5.75 Å². The molecular weight excluding hydrogens is 256 g/mol. The molecule has 3 rings (SSSR count). The number of amides is 1. The fraction of sp³-hybridized carbons (Fsp3) is 0.333. The molecule has 0 fully saturated rings. The molecule has 5 heteroatoms. The van der Waals surface area contributed by atoms with Gasteiger partial charge in [0.2, 0.25) is 0 Å². The Bertz CT molecular complexity index is 762. The van der Waals surface area contributed by atoms with Crippen molar-refractivity contribution in [2.24, 2.45) is 0 Å². The number of nitrogens with one attached hydrogen (secondary N) is 1. The molecule has 5 nitrogen and oxygen atoms in total. The Morgan fingerprint density at radius 1 is 1.45 bits per heavy atom. The molecule has 2 N–H and O–H groups in total. The molecule has 1 aliphatic heterocycles. The summed E-state index contributed by atoms with van der Waals surface area (Å²) in [5, 5.41) is 13.5. The molecular formula is C15H16N2O3. The maximum Gasteiger partial charge on any atom is 0.267 e. The van der Waals surface area contributed by atoms with E-state index in [4.69, 9.17) is 0 Å². The van der Waals surface area contributed by atoms with E-state index in [0.29, 0.717) is 18.5 Å². The topological polar surface area (TPSA) is 71.3 Å². The first kappa shape index (κ1) is 12.7. The number of nitrogens with zero attached hydrogens (tertiary/aromatic N) is 1. The summed E-state index contributed by atoms with van der Waals surface area (Å²) in [6, 6.07) is 5.53. The predicted octanol–water partition coefficient (Wildman–Crippen LogP) is 1.40. The number of aromatic hydroxyl groups is 1. The smallest absolute Gasteiger partial charge is 0.267 e. The zero-order chi connectivity index (χ0) is 14.3. The molecule has 0 saturated heterocycles. The summed E-state index contributed by atoms with van der Waals surface area (Å²) >= 11 is 0. The minimum atomic E-state index is -0.502. The number of carbonyl (C=O) groups excluding carboxylic acids is 1. The lowest BCUT2D eigenvalue weighted by Gasteiger charge is -2.11. The van der Waals surface area contributed by atoms with E-state index in [9.17, 15) is 14.7 Å². The van der Waals surface area contributed by atoms with Crippen molar-refractivity contribution in [1.82, 2.24) is 9.88 Å². The van der Waals surface area contributed by atoms with Crippen molar-refractivity contribution in [2.45, 2.75) is 26.3 Å². The van der Waals surface area contributed by atoms with Crippen molar-refractivity contribution in [3.05, 3.63) is 39.7 Å². The second kappa shape index (κ2) is 4.67. The molecule has 104 valence electrons. The van der Waals surface area contributed by atoms with Crippen molar-refractivity contribution in [3.63, 3.8) is 0 Å². The lowest BCUT2D eigenvalue weighted by molar-refractivity contribution is 0.0949. The largest absolute Gasteiger partial charge is 0.506 e. The van der Waals surface area contributed by atoms with Crippen LogP contribution in [-0.4, -0.2) is 22.1 Å². The van der Waals surface area contributed by atoms with E-state index >= 15 is 0 Å². The fourth-order valence-corrected chi connectivity index (χ4v) is 2.75. The van der Waals surface area contributed by atoms with E-state index in [1.54, 1.807) is 10.6 Å². The number of carbonyl (C=O) groups is 1. The summed E-state index contributed by atoms with van der Waals surface area (Å²) in [6.07, 6.45) is 1.53. The lowest BCUT2D eigenvalue weighted by Crippen LogP contribution is -2.33. The van der Waals surface area contributed by atoms with Crippen molar-refractivity contribution >= 4 is 16.8 Å². The van der Waals surface area contributed by atoms with E-state index in [2.05, 4.69) is 5.32 Å². The second-order valence-electron chi connectivity index (χ2n) is 5.00. The van der Waals surface area contributed by atoms with Crippen LogP contribution in [0.4, 0.5) is 0 Å². The Kier molecular flexibility index (Phi) is 2.97. The lowest BCUT2D eigenvalue weighted by atomic mass is 10.1. The summed E-state index contributed by atoms with van der Waals surface area (Å²) in [4.78, 5) is 24.5. The maximum atomic E-state index is 12.4. The van der Waals surface area contributed by atoms with Gasteiger partial charge in [-0.25, -0.2) is 0 Å². The van der Waals surface area contributed by atoms with E-state index in [1.165, 1.54) is 0 Å². The summed E-state index contributed by atoms with van der Waals surface area (Å²) in [6.45, 7) is 2.97.